The Kier molecular flexibility index (Phi) is 3.46. The lowest BCUT2D eigenvalue weighted by Crippen LogP contribution is -2.32. The van der Waals surface area contributed by atoms with Crippen molar-refractivity contribution in [1.82, 2.24) is 4.90 Å². The molecule has 2 aliphatic rings. The van der Waals surface area contributed by atoms with Gasteiger partial charge >= 0.3 is 0 Å². The largest absolute Gasteiger partial charge is 0.494 e. The first-order chi connectivity index (χ1) is 9.69. The molecule has 0 radical (unpaired) electrons. The first-order valence-corrected chi connectivity index (χ1v) is 6.74. The Morgan fingerprint density at radius 1 is 1.40 bits per heavy atom. The molecule has 2 aliphatic heterocycles. The van der Waals surface area contributed by atoms with Gasteiger partial charge in [-0.25, -0.2) is 8.78 Å². The van der Waals surface area contributed by atoms with E-state index in [1.54, 1.807) is 6.92 Å². The van der Waals surface area contributed by atoms with Gasteiger partial charge < -0.3 is 14.5 Å². The molecule has 3 rings (SSSR count). The van der Waals surface area contributed by atoms with Crippen LogP contribution in [0.5, 0.6) is 5.75 Å². The molecule has 0 saturated carbocycles. The predicted molar refractivity (Wildman–Crippen MR) is 69.8 cm³/mol. The second-order valence-corrected chi connectivity index (χ2v) is 4.92. The van der Waals surface area contributed by atoms with Crippen molar-refractivity contribution < 1.29 is 18.4 Å². The number of oxime groups is 1. The van der Waals surface area contributed by atoms with E-state index in [0.29, 0.717) is 26.2 Å². The zero-order valence-electron chi connectivity index (χ0n) is 11.2. The monoisotopic (exact) mass is 282 g/mol. The number of nitrogens with zero attached hydrogens (tertiary/aromatic N) is 2. The van der Waals surface area contributed by atoms with Crippen molar-refractivity contribution in [2.45, 2.75) is 19.3 Å². The molecule has 0 bridgehead atoms. The van der Waals surface area contributed by atoms with Gasteiger partial charge in [0.25, 0.3) is 0 Å². The highest BCUT2D eigenvalue weighted by molar-refractivity contribution is 5.85. The van der Waals surface area contributed by atoms with E-state index in [0.717, 1.165) is 12.4 Å². The average Bonchev–Trinajstić information content (AvgIpc) is 2.81. The van der Waals surface area contributed by atoms with Crippen LogP contribution in [0.2, 0.25) is 0 Å². The SMILES string of the molecule is CCOc1cc(F)c(C2CC3=NOCCN3C2)c(F)c1. The lowest BCUT2D eigenvalue weighted by atomic mass is 9.96. The van der Waals surface area contributed by atoms with E-state index in [1.165, 1.54) is 12.1 Å². The fraction of sp³-hybridized carbons (Fsp3) is 0.500. The number of amidine groups is 1. The molecule has 20 heavy (non-hydrogen) atoms. The van der Waals surface area contributed by atoms with Crippen LogP contribution in [0, 0.1) is 11.6 Å². The summed E-state index contributed by atoms with van der Waals surface area (Å²) in [4.78, 5) is 7.04. The molecule has 1 atom stereocenters. The summed E-state index contributed by atoms with van der Waals surface area (Å²) < 4.78 is 33.5. The lowest BCUT2D eigenvalue weighted by molar-refractivity contribution is 0.106. The zero-order valence-corrected chi connectivity index (χ0v) is 11.2. The molecule has 0 aliphatic carbocycles. The fourth-order valence-corrected chi connectivity index (χ4v) is 2.77. The normalized spacial score (nSPS) is 21.2. The molecule has 1 aromatic carbocycles. The highest BCUT2D eigenvalue weighted by atomic mass is 19.1. The van der Waals surface area contributed by atoms with Crippen molar-refractivity contribution in [3.8, 4) is 5.75 Å². The summed E-state index contributed by atoms with van der Waals surface area (Å²) in [5, 5.41) is 3.95. The Morgan fingerprint density at radius 3 is 2.80 bits per heavy atom. The smallest absolute Gasteiger partial charge is 0.145 e. The summed E-state index contributed by atoms with van der Waals surface area (Å²) >= 11 is 0. The summed E-state index contributed by atoms with van der Waals surface area (Å²) in [5.74, 6) is -0.345. The topological polar surface area (TPSA) is 34.1 Å². The lowest BCUT2D eigenvalue weighted by Gasteiger charge is -2.21. The van der Waals surface area contributed by atoms with Crippen LogP contribution in [0.15, 0.2) is 17.3 Å². The molecule has 6 heteroatoms. The summed E-state index contributed by atoms with van der Waals surface area (Å²) in [6, 6.07) is 2.50. The highest BCUT2D eigenvalue weighted by Crippen LogP contribution is 2.34. The van der Waals surface area contributed by atoms with Crippen LogP contribution in [0.3, 0.4) is 0 Å². The third-order valence-electron chi connectivity index (χ3n) is 3.63. The minimum absolute atomic E-state index is 0.116. The third kappa shape index (κ3) is 2.30. The Hall–Kier alpha value is -1.85. The van der Waals surface area contributed by atoms with Crippen molar-refractivity contribution in [2.24, 2.45) is 5.16 Å². The van der Waals surface area contributed by atoms with E-state index >= 15 is 0 Å². The molecule has 0 N–H and O–H groups in total. The molecule has 1 unspecified atom stereocenters. The van der Waals surface area contributed by atoms with Crippen molar-refractivity contribution in [1.29, 1.82) is 0 Å². The number of rotatable bonds is 3. The molecular formula is C14H16F2N2O2. The van der Waals surface area contributed by atoms with E-state index < -0.39 is 11.6 Å². The molecule has 2 heterocycles. The summed E-state index contributed by atoms with van der Waals surface area (Å²) in [7, 11) is 0. The summed E-state index contributed by atoms with van der Waals surface area (Å²) in [6.07, 6.45) is 0.502. The van der Waals surface area contributed by atoms with Crippen molar-refractivity contribution in [2.75, 3.05) is 26.3 Å². The van der Waals surface area contributed by atoms with E-state index in [-0.39, 0.29) is 17.2 Å². The fourth-order valence-electron chi connectivity index (χ4n) is 2.77. The number of hydrogen-bond acceptors (Lipinski definition) is 4. The van der Waals surface area contributed by atoms with Gasteiger partial charge in [0.1, 0.15) is 29.8 Å². The summed E-state index contributed by atoms with van der Waals surface area (Å²) in [6.45, 7) is 3.96. The molecule has 1 aromatic rings. The predicted octanol–water partition coefficient (Wildman–Crippen LogP) is 2.50. The zero-order chi connectivity index (χ0) is 14.1. The second-order valence-electron chi connectivity index (χ2n) is 4.92. The Morgan fingerprint density at radius 2 is 2.15 bits per heavy atom. The van der Waals surface area contributed by atoms with E-state index in [9.17, 15) is 8.78 Å². The minimum Gasteiger partial charge on any atom is -0.494 e. The number of fused-ring (bicyclic) bond motifs is 1. The van der Waals surface area contributed by atoms with Crippen LogP contribution in [-0.4, -0.2) is 37.0 Å². The molecule has 0 spiro atoms. The van der Waals surface area contributed by atoms with Gasteiger partial charge in [0.2, 0.25) is 0 Å². The molecule has 0 amide bonds. The van der Waals surface area contributed by atoms with Crippen molar-refractivity contribution >= 4 is 5.84 Å². The minimum atomic E-state index is -0.556. The van der Waals surface area contributed by atoms with Gasteiger partial charge in [-0.1, -0.05) is 5.16 Å². The van der Waals surface area contributed by atoms with Gasteiger partial charge in [-0.3, -0.25) is 0 Å². The average molecular weight is 282 g/mol. The molecule has 0 aromatic heterocycles. The molecule has 108 valence electrons. The Balaban J connectivity index is 1.88. The van der Waals surface area contributed by atoms with E-state index in [2.05, 4.69) is 5.16 Å². The quantitative estimate of drug-likeness (QED) is 0.854. The molecular weight excluding hydrogens is 266 g/mol. The number of halogens is 2. The number of benzene rings is 1. The van der Waals surface area contributed by atoms with Gasteiger partial charge in [0.05, 0.1) is 13.2 Å². The maximum absolute atomic E-state index is 14.2. The van der Waals surface area contributed by atoms with Crippen LogP contribution in [0.25, 0.3) is 0 Å². The molecule has 4 nitrogen and oxygen atoms in total. The first kappa shape index (κ1) is 13.1. The van der Waals surface area contributed by atoms with Crippen molar-refractivity contribution in [3.63, 3.8) is 0 Å². The maximum atomic E-state index is 14.2. The first-order valence-electron chi connectivity index (χ1n) is 6.74. The van der Waals surface area contributed by atoms with Gasteiger partial charge in [-0.2, -0.15) is 0 Å². The van der Waals surface area contributed by atoms with Crippen LogP contribution in [-0.2, 0) is 4.84 Å². The van der Waals surface area contributed by atoms with Crippen LogP contribution >= 0.6 is 0 Å². The number of ether oxygens (including phenoxy) is 1. The van der Waals surface area contributed by atoms with Crippen LogP contribution in [0.1, 0.15) is 24.8 Å². The highest BCUT2D eigenvalue weighted by Gasteiger charge is 2.34. The number of hydrogen-bond donors (Lipinski definition) is 0. The van der Waals surface area contributed by atoms with Crippen LogP contribution < -0.4 is 4.74 Å². The van der Waals surface area contributed by atoms with Gasteiger partial charge in [0.15, 0.2) is 0 Å². The standard InChI is InChI=1S/C14H16F2N2O2/c1-2-19-10-6-11(15)14(12(16)7-10)9-5-13-17-20-4-3-18(13)8-9/h6-7,9H,2-5,8H2,1H3. The van der Waals surface area contributed by atoms with Crippen molar-refractivity contribution in [3.05, 3.63) is 29.3 Å². The second kappa shape index (κ2) is 5.26. The van der Waals surface area contributed by atoms with Crippen LogP contribution in [0.4, 0.5) is 8.78 Å². The molecule has 1 saturated heterocycles. The summed E-state index contributed by atoms with van der Waals surface area (Å²) in [5.41, 5.74) is 0.116. The van der Waals surface area contributed by atoms with E-state index in [1.807, 2.05) is 4.90 Å². The van der Waals surface area contributed by atoms with Gasteiger partial charge in [0, 0.05) is 36.6 Å². The maximum Gasteiger partial charge on any atom is 0.145 e. The van der Waals surface area contributed by atoms with Gasteiger partial charge in [-0.05, 0) is 6.92 Å². The third-order valence-corrected chi connectivity index (χ3v) is 3.63. The Bertz CT molecular complexity index is 525. The molecule has 1 fully saturated rings. The van der Waals surface area contributed by atoms with Gasteiger partial charge in [-0.15, -0.1) is 0 Å². The Labute approximate surface area is 116 Å². The van der Waals surface area contributed by atoms with E-state index in [4.69, 9.17) is 9.57 Å².